The number of nitrogens with zero attached hydrogens (tertiary/aromatic N) is 2. The Kier molecular flexibility index (Phi) is 6.57. The lowest BCUT2D eigenvalue weighted by molar-refractivity contribution is -0.139. The fourth-order valence-electron chi connectivity index (χ4n) is 5.31. The van der Waals surface area contributed by atoms with Gasteiger partial charge in [0, 0.05) is 61.3 Å². The molecule has 0 radical (unpaired) electrons. The molecule has 0 spiro atoms. The van der Waals surface area contributed by atoms with Crippen molar-refractivity contribution >= 4 is 34.3 Å². The Labute approximate surface area is 205 Å². The van der Waals surface area contributed by atoms with Gasteiger partial charge in [0.15, 0.2) is 0 Å². The standard InChI is InChI=1S/C28H32N4O3/c1-19-7-8-25-24(15-19)21(17-30-25)9-12-29-27(34)20-10-13-31(14-11-20)28(35)22-16-26(33)32(18-22)23-5-3-2-4-6-23/h2-8,15,17,20,22,30H,9-14,16,18H2,1H3,(H,29,34). The van der Waals surface area contributed by atoms with Crippen LogP contribution in [-0.2, 0) is 20.8 Å². The molecule has 1 unspecified atom stereocenters. The van der Waals surface area contributed by atoms with Crippen LogP contribution in [0.4, 0.5) is 5.69 Å². The van der Waals surface area contributed by atoms with Gasteiger partial charge in [-0.2, -0.15) is 0 Å². The summed E-state index contributed by atoms with van der Waals surface area (Å²) in [5.74, 6) is -0.290. The van der Waals surface area contributed by atoms with Crippen LogP contribution in [0.15, 0.2) is 54.7 Å². The maximum absolute atomic E-state index is 13.1. The molecule has 182 valence electrons. The number of aromatic nitrogens is 1. The number of aromatic amines is 1. The van der Waals surface area contributed by atoms with Gasteiger partial charge in [0.25, 0.3) is 0 Å². The van der Waals surface area contributed by atoms with Crippen LogP contribution >= 0.6 is 0 Å². The zero-order valence-electron chi connectivity index (χ0n) is 20.1. The van der Waals surface area contributed by atoms with Gasteiger partial charge in [-0.15, -0.1) is 0 Å². The van der Waals surface area contributed by atoms with Gasteiger partial charge in [-0.25, -0.2) is 0 Å². The molecule has 2 aromatic carbocycles. The number of H-pyrrole nitrogens is 1. The Morgan fingerprint density at radius 2 is 1.83 bits per heavy atom. The normalized spacial score (nSPS) is 18.9. The molecule has 2 N–H and O–H groups in total. The fourth-order valence-corrected chi connectivity index (χ4v) is 5.31. The van der Waals surface area contributed by atoms with E-state index in [0.29, 0.717) is 39.0 Å². The first-order valence-corrected chi connectivity index (χ1v) is 12.5. The van der Waals surface area contributed by atoms with E-state index in [-0.39, 0.29) is 36.0 Å². The summed E-state index contributed by atoms with van der Waals surface area (Å²) in [5, 5.41) is 4.30. The number of carbonyl (C=O) groups is 3. The van der Waals surface area contributed by atoms with Crippen molar-refractivity contribution in [3.63, 3.8) is 0 Å². The van der Waals surface area contributed by atoms with Gasteiger partial charge >= 0.3 is 0 Å². The van der Waals surface area contributed by atoms with Crippen LogP contribution in [0.2, 0.25) is 0 Å². The largest absolute Gasteiger partial charge is 0.361 e. The lowest BCUT2D eigenvalue weighted by Crippen LogP contribution is -2.45. The molecule has 2 aliphatic rings. The number of piperidine rings is 1. The van der Waals surface area contributed by atoms with Crippen molar-refractivity contribution in [2.75, 3.05) is 31.1 Å². The molecule has 3 heterocycles. The van der Waals surface area contributed by atoms with Gasteiger partial charge in [0.1, 0.15) is 0 Å². The summed E-state index contributed by atoms with van der Waals surface area (Å²) in [6.45, 7) is 4.23. The van der Waals surface area contributed by atoms with E-state index in [1.165, 1.54) is 16.5 Å². The predicted octanol–water partition coefficient (Wildman–Crippen LogP) is 3.43. The van der Waals surface area contributed by atoms with E-state index in [9.17, 15) is 14.4 Å². The third-order valence-corrected chi connectivity index (χ3v) is 7.34. The second-order valence-corrected chi connectivity index (χ2v) is 9.74. The number of hydrogen-bond donors (Lipinski definition) is 2. The summed E-state index contributed by atoms with van der Waals surface area (Å²) >= 11 is 0. The lowest BCUT2D eigenvalue weighted by atomic mass is 9.94. The Balaban J connectivity index is 1.08. The highest BCUT2D eigenvalue weighted by molar-refractivity contribution is 6.00. The molecule has 0 aliphatic carbocycles. The Bertz CT molecular complexity index is 1230. The van der Waals surface area contributed by atoms with Crippen LogP contribution in [0.3, 0.4) is 0 Å². The monoisotopic (exact) mass is 472 g/mol. The maximum Gasteiger partial charge on any atom is 0.228 e. The van der Waals surface area contributed by atoms with Crippen molar-refractivity contribution in [1.29, 1.82) is 0 Å². The quantitative estimate of drug-likeness (QED) is 0.576. The number of fused-ring (bicyclic) bond motifs is 1. The minimum Gasteiger partial charge on any atom is -0.361 e. The van der Waals surface area contributed by atoms with E-state index in [1.807, 2.05) is 41.4 Å². The van der Waals surface area contributed by atoms with Crippen LogP contribution in [0, 0.1) is 18.8 Å². The number of amides is 3. The molecule has 2 aliphatic heterocycles. The van der Waals surface area contributed by atoms with Crippen molar-refractivity contribution in [1.82, 2.24) is 15.2 Å². The van der Waals surface area contributed by atoms with Crippen molar-refractivity contribution in [3.8, 4) is 0 Å². The first kappa shape index (κ1) is 23.1. The van der Waals surface area contributed by atoms with Gasteiger partial charge < -0.3 is 20.1 Å². The smallest absolute Gasteiger partial charge is 0.228 e. The molecule has 35 heavy (non-hydrogen) atoms. The Morgan fingerprint density at radius 3 is 2.60 bits per heavy atom. The zero-order chi connectivity index (χ0) is 24.4. The van der Waals surface area contributed by atoms with Gasteiger partial charge in [0.05, 0.1) is 5.92 Å². The van der Waals surface area contributed by atoms with Gasteiger partial charge in [-0.1, -0.05) is 29.8 Å². The van der Waals surface area contributed by atoms with E-state index in [0.717, 1.165) is 17.6 Å². The fraction of sp³-hybridized carbons (Fsp3) is 0.393. The summed E-state index contributed by atoms with van der Waals surface area (Å²) in [4.78, 5) is 45.2. The summed E-state index contributed by atoms with van der Waals surface area (Å²) in [6.07, 6.45) is 4.37. The molecule has 2 saturated heterocycles. The highest BCUT2D eigenvalue weighted by Crippen LogP contribution is 2.28. The average molecular weight is 473 g/mol. The lowest BCUT2D eigenvalue weighted by Gasteiger charge is -2.33. The second-order valence-electron chi connectivity index (χ2n) is 9.74. The number of benzene rings is 2. The van der Waals surface area contributed by atoms with Gasteiger partial charge in [0.2, 0.25) is 17.7 Å². The Hall–Kier alpha value is -3.61. The molecule has 5 rings (SSSR count). The predicted molar refractivity (Wildman–Crippen MR) is 136 cm³/mol. The molecule has 1 aromatic heterocycles. The molecule has 7 nitrogen and oxygen atoms in total. The summed E-state index contributed by atoms with van der Waals surface area (Å²) in [5.41, 5.74) is 4.38. The molecule has 3 aromatic rings. The third kappa shape index (κ3) is 4.94. The zero-order valence-corrected chi connectivity index (χ0v) is 20.1. The molecule has 2 fully saturated rings. The van der Waals surface area contributed by atoms with E-state index < -0.39 is 0 Å². The van der Waals surface area contributed by atoms with Crippen molar-refractivity contribution in [3.05, 3.63) is 65.9 Å². The number of anilines is 1. The number of aryl methyl sites for hydroxylation is 1. The van der Waals surface area contributed by atoms with Crippen LogP contribution in [0.5, 0.6) is 0 Å². The summed E-state index contributed by atoms with van der Waals surface area (Å²) in [6, 6.07) is 15.9. The van der Waals surface area contributed by atoms with E-state index in [2.05, 4.69) is 35.4 Å². The maximum atomic E-state index is 13.1. The minimum atomic E-state index is -0.312. The number of para-hydroxylation sites is 1. The van der Waals surface area contributed by atoms with Crippen molar-refractivity contribution < 1.29 is 14.4 Å². The number of nitrogens with one attached hydrogen (secondary N) is 2. The van der Waals surface area contributed by atoms with E-state index in [1.54, 1.807) is 4.90 Å². The number of hydrogen-bond acceptors (Lipinski definition) is 3. The van der Waals surface area contributed by atoms with Crippen molar-refractivity contribution in [2.45, 2.75) is 32.6 Å². The molecular formula is C28H32N4O3. The second kappa shape index (κ2) is 9.94. The molecule has 0 bridgehead atoms. The van der Waals surface area contributed by atoms with Gasteiger partial charge in [-0.3, -0.25) is 14.4 Å². The highest BCUT2D eigenvalue weighted by Gasteiger charge is 2.38. The first-order chi connectivity index (χ1) is 17.0. The van der Waals surface area contributed by atoms with Crippen LogP contribution in [0.25, 0.3) is 10.9 Å². The number of rotatable bonds is 6. The highest BCUT2D eigenvalue weighted by atomic mass is 16.2. The van der Waals surface area contributed by atoms with E-state index >= 15 is 0 Å². The van der Waals surface area contributed by atoms with Crippen LogP contribution in [0.1, 0.15) is 30.4 Å². The topological polar surface area (TPSA) is 85.5 Å². The molecule has 1 atom stereocenters. The minimum absolute atomic E-state index is 0.00539. The summed E-state index contributed by atoms with van der Waals surface area (Å²) < 4.78 is 0. The number of likely N-dealkylation sites (tertiary alicyclic amines) is 1. The van der Waals surface area contributed by atoms with Crippen molar-refractivity contribution in [2.24, 2.45) is 11.8 Å². The SMILES string of the molecule is Cc1ccc2[nH]cc(CCNC(=O)C3CCN(C(=O)C4CC(=O)N(c5ccccc5)C4)CC3)c2c1. The van der Waals surface area contributed by atoms with Crippen LogP contribution in [-0.4, -0.2) is 53.8 Å². The first-order valence-electron chi connectivity index (χ1n) is 12.5. The van der Waals surface area contributed by atoms with Crippen LogP contribution < -0.4 is 10.2 Å². The molecule has 7 heteroatoms. The Morgan fingerprint density at radius 1 is 1.06 bits per heavy atom. The summed E-state index contributed by atoms with van der Waals surface area (Å²) in [7, 11) is 0. The van der Waals surface area contributed by atoms with Gasteiger partial charge in [-0.05, 0) is 56.0 Å². The molecular weight excluding hydrogens is 440 g/mol. The molecule has 0 saturated carbocycles. The van der Waals surface area contributed by atoms with E-state index in [4.69, 9.17) is 0 Å². The average Bonchev–Trinajstić information content (AvgIpc) is 3.47. The molecule has 3 amide bonds. The third-order valence-electron chi connectivity index (χ3n) is 7.34. The number of carbonyl (C=O) groups excluding carboxylic acids is 3.